The van der Waals surface area contributed by atoms with Crippen LogP contribution in [0.5, 0.6) is 0 Å². The second-order valence-electron chi connectivity index (χ2n) is 6.46. The third-order valence-electron chi connectivity index (χ3n) is 4.50. The molecule has 2 aliphatic heterocycles. The SMILES string of the molecule is Cc1cc(=O)[nH]c(N2CCC(NC(=O)NC[C@H]3CCCO3)CC2)n1. The largest absolute Gasteiger partial charge is 0.376 e. The molecule has 0 radical (unpaired) electrons. The van der Waals surface area contributed by atoms with E-state index in [1.165, 1.54) is 6.07 Å². The first kappa shape index (κ1) is 16.8. The Kier molecular flexibility index (Phi) is 5.34. The molecule has 2 aliphatic rings. The number of hydrogen-bond donors (Lipinski definition) is 3. The van der Waals surface area contributed by atoms with Crippen molar-refractivity contribution in [2.75, 3.05) is 31.1 Å². The zero-order valence-electron chi connectivity index (χ0n) is 14.0. The normalized spacial score (nSPS) is 21.7. The van der Waals surface area contributed by atoms with Crippen LogP contribution < -0.4 is 21.1 Å². The summed E-state index contributed by atoms with van der Waals surface area (Å²) in [5, 5.41) is 5.89. The van der Waals surface area contributed by atoms with Crippen molar-refractivity contribution in [2.24, 2.45) is 0 Å². The number of amides is 2. The van der Waals surface area contributed by atoms with Gasteiger partial charge in [-0.15, -0.1) is 0 Å². The molecule has 0 unspecified atom stereocenters. The molecule has 1 aromatic rings. The van der Waals surface area contributed by atoms with Crippen LogP contribution in [0.1, 0.15) is 31.4 Å². The lowest BCUT2D eigenvalue weighted by Gasteiger charge is -2.32. The number of anilines is 1. The van der Waals surface area contributed by atoms with Gasteiger partial charge in [0.1, 0.15) is 0 Å². The number of nitrogens with zero attached hydrogens (tertiary/aromatic N) is 2. The van der Waals surface area contributed by atoms with E-state index in [0.29, 0.717) is 18.2 Å². The van der Waals surface area contributed by atoms with Crippen LogP contribution in [0.3, 0.4) is 0 Å². The lowest BCUT2D eigenvalue weighted by atomic mass is 10.1. The number of rotatable bonds is 4. The van der Waals surface area contributed by atoms with Crippen LogP contribution in [0.4, 0.5) is 10.7 Å². The molecule has 0 aromatic carbocycles. The van der Waals surface area contributed by atoms with Crippen molar-refractivity contribution < 1.29 is 9.53 Å². The van der Waals surface area contributed by atoms with Gasteiger partial charge in [0, 0.05) is 44.0 Å². The van der Waals surface area contributed by atoms with Crippen molar-refractivity contribution in [3.05, 3.63) is 22.1 Å². The maximum atomic E-state index is 12.0. The number of nitrogens with one attached hydrogen (secondary N) is 3. The molecule has 1 aromatic heterocycles. The summed E-state index contributed by atoms with van der Waals surface area (Å²) in [5.74, 6) is 0.612. The van der Waals surface area contributed by atoms with Crippen molar-refractivity contribution >= 4 is 12.0 Å². The summed E-state index contributed by atoms with van der Waals surface area (Å²) in [7, 11) is 0. The second-order valence-corrected chi connectivity index (χ2v) is 6.46. The van der Waals surface area contributed by atoms with Gasteiger partial charge in [-0.25, -0.2) is 9.78 Å². The Labute approximate surface area is 141 Å². The van der Waals surface area contributed by atoms with Gasteiger partial charge in [-0.1, -0.05) is 0 Å². The predicted octanol–water partition coefficient (Wildman–Crippen LogP) is 0.525. The van der Waals surface area contributed by atoms with E-state index in [4.69, 9.17) is 4.74 Å². The van der Waals surface area contributed by atoms with Crippen LogP contribution in [-0.4, -0.2) is 54.4 Å². The Hall–Kier alpha value is -2.09. The second kappa shape index (κ2) is 7.65. The minimum atomic E-state index is -0.133. The monoisotopic (exact) mass is 335 g/mol. The van der Waals surface area contributed by atoms with Gasteiger partial charge in [0.05, 0.1) is 6.10 Å². The lowest BCUT2D eigenvalue weighted by molar-refractivity contribution is 0.111. The Bertz CT molecular complexity index is 618. The number of H-pyrrole nitrogens is 1. The molecule has 3 N–H and O–H groups in total. The molecule has 2 amide bonds. The first-order chi connectivity index (χ1) is 11.6. The average molecular weight is 335 g/mol. The minimum absolute atomic E-state index is 0.133. The molecule has 0 spiro atoms. The number of carbonyl (C=O) groups is 1. The number of carbonyl (C=O) groups excluding carboxylic acids is 1. The third-order valence-corrected chi connectivity index (χ3v) is 4.50. The number of aromatic amines is 1. The quantitative estimate of drug-likeness (QED) is 0.745. The number of urea groups is 1. The third kappa shape index (κ3) is 4.47. The number of hydrogen-bond acceptors (Lipinski definition) is 5. The van der Waals surface area contributed by atoms with Crippen molar-refractivity contribution in [1.29, 1.82) is 0 Å². The van der Waals surface area contributed by atoms with Gasteiger partial charge in [0.15, 0.2) is 0 Å². The van der Waals surface area contributed by atoms with Gasteiger partial charge < -0.3 is 20.3 Å². The van der Waals surface area contributed by atoms with Crippen LogP contribution in [0, 0.1) is 6.92 Å². The summed E-state index contributed by atoms with van der Waals surface area (Å²) in [6.07, 6.45) is 3.89. The zero-order valence-corrected chi connectivity index (χ0v) is 14.0. The lowest BCUT2D eigenvalue weighted by Crippen LogP contribution is -2.49. The fourth-order valence-electron chi connectivity index (χ4n) is 3.20. The van der Waals surface area contributed by atoms with E-state index in [1.54, 1.807) is 0 Å². The van der Waals surface area contributed by atoms with Crippen LogP contribution in [0.2, 0.25) is 0 Å². The highest BCUT2D eigenvalue weighted by molar-refractivity contribution is 5.74. The van der Waals surface area contributed by atoms with E-state index in [-0.39, 0.29) is 23.7 Å². The standard InChI is InChI=1S/C16H25N5O3/c1-11-9-14(22)20-15(18-11)21-6-4-12(5-7-21)19-16(23)17-10-13-3-2-8-24-13/h9,12-13H,2-8,10H2,1H3,(H2,17,19,23)(H,18,20,22)/t13-/m1/s1. The van der Waals surface area contributed by atoms with Crippen LogP contribution in [-0.2, 0) is 4.74 Å². The molecule has 24 heavy (non-hydrogen) atoms. The molecule has 0 bridgehead atoms. The highest BCUT2D eigenvalue weighted by Crippen LogP contribution is 2.15. The Balaban J connectivity index is 1.43. The Morgan fingerprint density at radius 3 is 2.88 bits per heavy atom. The molecular weight excluding hydrogens is 310 g/mol. The van der Waals surface area contributed by atoms with E-state index < -0.39 is 0 Å². The maximum absolute atomic E-state index is 12.0. The van der Waals surface area contributed by atoms with Gasteiger partial charge in [0.25, 0.3) is 5.56 Å². The highest BCUT2D eigenvalue weighted by atomic mass is 16.5. The van der Waals surface area contributed by atoms with Crippen molar-refractivity contribution in [2.45, 2.75) is 44.8 Å². The number of ether oxygens (including phenoxy) is 1. The Morgan fingerprint density at radius 1 is 1.42 bits per heavy atom. The summed E-state index contributed by atoms with van der Waals surface area (Å²) < 4.78 is 5.49. The van der Waals surface area contributed by atoms with Crippen LogP contribution >= 0.6 is 0 Å². The summed E-state index contributed by atoms with van der Waals surface area (Å²) in [6, 6.07) is 1.49. The van der Waals surface area contributed by atoms with Crippen molar-refractivity contribution in [3.63, 3.8) is 0 Å². The van der Waals surface area contributed by atoms with Crippen molar-refractivity contribution in [3.8, 4) is 0 Å². The van der Waals surface area contributed by atoms with Crippen LogP contribution in [0.25, 0.3) is 0 Å². The number of aromatic nitrogens is 2. The predicted molar refractivity (Wildman–Crippen MR) is 90.3 cm³/mol. The minimum Gasteiger partial charge on any atom is -0.376 e. The molecule has 1 atom stereocenters. The van der Waals surface area contributed by atoms with Gasteiger partial charge >= 0.3 is 6.03 Å². The summed E-state index contributed by atoms with van der Waals surface area (Å²) in [6.45, 7) is 4.68. The van der Waals surface area contributed by atoms with Gasteiger partial charge in [-0.05, 0) is 32.6 Å². The first-order valence-corrected chi connectivity index (χ1v) is 8.59. The fourth-order valence-corrected chi connectivity index (χ4v) is 3.20. The topological polar surface area (TPSA) is 99.4 Å². The summed E-state index contributed by atoms with van der Waals surface area (Å²) in [4.78, 5) is 32.7. The molecule has 3 heterocycles. The molecule has 0 saturated carbocycles. The smallest absolute Gasteiger partial charge is 0.315 e. The van der Waals surface area contributed by atoms with E-state index in [9.17, 15) is 9.59 Å². The Morgan fingerprint density at radius 2 is 2.21 bits per heavy atom. The van der Waals surface area contributed by atoms with Gasteiger partial charge in [-0.3, -0.25) is 9.78 Å². The molecule has 8 nitrogen and oxygen atoms in total. The van der Waals surface area contributed by atoms with E-state index in [0.717, 1.165) is 45.4 Å². The number of piperidine rings is 1. The van der Waals surface area contributed by atoms with Gasteiger partial charge in [-0.2, -0.15) is 0 Å². The molecule has 8 heteroatoms. The first-order valence-electron chi connectivity index (χ1n) is 8.59. The molecule has 132 valence electrons. The van der Waals surface area contributed by atoms with Crippen LogP contribution in [0.15, 0.2) is 10.9 Å². The van der Waals surface area contributed by atoms with Gasteiger partial charge in [0.2, 0.25) is 5.95 Å². The molecular formula is C16H25N5O3. The molecule has 2 fully saturated rings. The van der Waals surface area contributed by atoms with E-state index >= 15 is 0 Å². The van der Waals surface area contributed by atoms with E-state index in [2.05, 4.69) is 25.5 Å². The summed E-state index contributed by atoms with van der Waals surface area (Å²) >= 11 is 0. The zero-order chi connectivity index (χ0) is 16.9. The fraction of sp³-hybridized carbons (Fsp3) is 0.688. The highest BCUT2D eigenvalue weighted by Gasteiger charge is 2.23. The van der Waals surface area contributed by atoms with Crippen molar-refractivity contribution in [1.82, 2.24) is 20.6 Å². The molecule has 3 rings (SSSR count). The number of aryl methyl sites for hydroxylation is 1. The maximum Gasteiger partial charge on any atom is 0.315 e. The molecule has 2 saturated heterocycles. The van der Waals surface area contributed by atoms with E-state index in [1.807, 2.05) is 6.92 Å². The summed E-state index contributed by atoms with van der Waals surface area (Å²) in [5.41, 5.74) is 0.578. The average Bonchev–Trinajstić information content (AvgIpc) is 3.06. The molecule has 0 aliphatic carbocycles.